The van der Waals surface area contributed by atoms with Crippen LogP contribution in [0.5, 0.6) is 0 Å². The van der Waals surface area contributed by atoms with Crippen LogP contribution in [0, 0.1) is 0 Å². The van der Waals surface area contributed by atoms with Gasteiger partial charge in [0.15, 0.2) is 6.29 Å². The van der Waals surface area contributed by atoms with Crippen LogP contribution >= 0.6 is 0 Å². The highest BCUT2D eigenvalue weighted by atomic mass is 32.2. The van der Waals surface area contributed by atoms with Gasteiger partial charge < -0.3 is 0 Å². The predicted molar refractivity (Wildman–Crippen MR) is 82.7 cm³/mol. The van der Waals surface area contributed by atoms with Crippen LogP contribution in [0.2, 0.25) is 0 Å². The third-order valence-corrected chi connectivity index (χ3v) is 5.78. The van der Waals surface area contributed by atoms with Gasteiger partial charge in [0.1, 0.15) is 5.69 Å². The largest absolute Gasteiger partial charge is 0.297 e. The standard InChI is InChI=1S/C15H19N3O3S/c19-12-14-9-13(4-5-16-14)10-17-6-1-3-15(11-17)18-7-2-8-22(18,20)21/h2,4-5,8-9,12,15H,1,3,6-7,10-11H2/t15-/m1/s1. The number of nitrogens with zero attached hydrogens (tertiary/aromatic N) is 3. The minimum absolute atomic E-state index is 0.0288. The Bertz CT molecular complexity index is 687. The summed E-state index contributed by atoms with van der Waals surface area (Å²) in [6.07, 6.45) is 5.95. The van der Waals surface area contributed by atoms with Crippen molar-refractivity contribution in [2.24, 2.45) is 0 Å². The highest BCUT2D eigenvalue weighted by Crippen LogP contribution is 2.23. The van der Waals surface area contributed by atoms with Crippen LogP contribution < -0.4 is 0 Å². The molecule has 0 N–H and O–H groups in total. The van der Waals surface area contributed by atoms with Crippen LogP contribution in [0.4, 0.5) is 0 Å². The summed E-state index contributed by atoms with van der Waals surface area (Å²) in [5.41, 5.74) is 1.46. The Morgan fingerprint density at radius 3 is 3.00 bits per heavy atom. The first-order chi connectivity index (χ1) is 10.6. The number of hydrogen-bond acceptors (Lipinski definition) is 5. The van der Waals surface area contributed by atoms with Gasteiger partial charge in [0, 0.05) is 37.3 Å². The molecule has 0 radical (unpaired) electrons. The van der Waals surface area contributed by atoms with E-state index in [1.165, 1.54) is 5.41 Å². The second kappa shape index (κ2) is 6.28. The molecule has 0 aromatic carbocycles. The molecule has 0 spiro atoms. The molecule has 1 atom stereocenters. The number of sulfonamides is 1. The van der Waals surface area contributed by atoms with Crippen molar-refractivity contribution in [3.8, 4) is 0 Å². The number of likely N-dealkylation sites (tertiary alicyclic amines) is 1. The number of aldehydes is 1. The second-order valence-corrected chi connectivity index (χ2v) is 7.50. The van der Waals surface area contributed by atoms with Crippen molar-refractivity contribution in [1.82, 2.24) is 14.2 Å². The van der Waals surface area contributed by atoms with Gasteiger partial charge >= 0.3 is 0 Å². The zero-order valence-corrected chi connectivity index (χ0v) is 13.1. The van der Waals surface area contributed by atoms with Crippen LogP contribution in [0.3, 0.4) is 0 Å². The summed E-state index contributed by atoms with van der Waals surface area (Å²) in [6, 6.07) is 3.70. The van der Waals surface area contributed by atoms with Crippen molar-refractivity contribution >= 4 is 16.3 Å². The van der Waals surface area contributed by atoms with Crippen LogP contribution in [0.15, 0.2) is 29.8 Å². The summed E-state index contributed by atoms with van der Waals surface area (Å²) in [7, 11) is -3.22. The van der Waals surface area contributed by atoms with Gasteiger partial charge in [-0.25, -0.2) is 8.42 Å². The monoisotopic (exact) mass is 321 g/mol. The Kier molecular flexibility index (Phi) is 4.37. The van der Waals surface area contributed by atoms with Gasteiger partial charge in [-0.3, -0.25) is 14.7 Å². The van der Waals surface area contributed by atoms with Crippen molar-refractivity contribution in [2.75, 3.05) is 19.6 Å². The fraction of sp³-hybridized carbons (Fsp3) is 0.467. The van der Waals surface area contributed by atoms with Crippen molar-refractivity contribution in [3.63, 3.8) is 0 Å². The first-order valence-corrected chi connectivity index (χ1v) is 8.90. The normalized spacial score (nSPS) is 25.4. The summed E-state index contributed by atoms with van der Waals surface area (Å²) >= 11 is 0. The number of aromatic nitrogens is 1. The summed E-state index contributed by atoms with van der Waals surface area (Å²) in [5, 5.41) is 1.30. The molecule has 2 aliphatic rings. The van der Waals surface area contributed by atoms with E-state index in [0.717, 1.165) is 37.8 Å². The van der Waals surface area contributed by atoms with E-state index in [2.05, 4.69) is 9.88 Å². The van der Waals surface area contributed by atoms with Gasteiger partial charge in [-0.1, -0.05) is 6.08 Å². The van der Waals surface area contributed by atoms with Gasteiger partial charge in [-0.05, 0) is 37.1 Å². The van der Waals surface area contributed by atoms with Gasteiger partial charge in [0.05, 0.1) is 0 Å². The molecule has 6 nitrogen and oxygen atoms in total. The van der Waals surface area contributed by atoms with Gasteiger partial charge in [-0.2, -0.15) is 4.31 Å². The molecule has 1 aromatic rings. The van der Waals surface area contributed by atoms with E-state index in [4.69, 9.17) is 0 Å². The Balaban J connectivity index is 1.67. The zero-order valence-electron chi connectivity index (χ0n) is 12.3. The summed E-state index contributed by atoms with van der Waals surface area (Å²) in [6.45, 7) is 2.85. The lowest BCUT2D eigenvalue weighted by Crippen LogP contribution is -2.48. The molecule has 7 heteroatoms. The van der Waals surface area contributed by atoms with E-state index in [1.54, 1.807) is 22.6 Å². The van der Waals surface area contributed by atoms with E-state index in [0.29, 0.717) is 18.8 Å². The quantitative estimate of drug-likeness (QED) is 0.774. The molecular weight excluding hydrogens is 302 g/mol. The molecule has 0 saturated carbocycles. The Hall–Kier alpha value is -1.57. The lowest BCUT2D eigenvalue weighted by molar-refractivity contribution is 0.111. The number of pyridine rings is 1. The van der Waals surface area contributed by atoms with Crippen molar-refractivity contribution in [2.45, 2.75) is 25.4 Å². The number of carbonyl (C=O) groups excluding carboxylic acids is 1. The lowest BCUT2D eigenvalue weighted by atomic mass is 10.0. The maximum atomic E-state index is 12.0. The smallest absolute Gasteiger partial charge is 0.236 e. The number of rotatable bonds is 4. The van der Waals surface area contributed by atoms with E-state index in [-0.39, 0.29) is 6.04 Å². The van der Waals surface area contributed by atoms with Gasteiger partial charge in [0.25, 0.3) is 0 Å². The van der Waals surface area contributed by atoms with E-state index in [1.807, 2.05) is 6.07 Å². The van der Waals surface area contributed by atoms with Crippen molar-refractivity contribution in [1.29, 1.82) is 0 Å². The summed E-state index contributed by atoms with van der Waals surface area (Å²) in [5.74, 6) is 0. The Labute approximate surface area is 130 Å². The van der Waals surface area contributed by atoms with Crippen molar-refractivity contribution in [3.05, 3.63) is 41.1 Å². The molecule has 0 unspecified atom stereocenters. The Morgan fingerprint density at radius 1 is 1.41 bits per heavy atom. The van der Waals surface area contributed by atoms with Gasteiger partial charge in [-0.15, -0.1) is 0 Å². The maximum Gasteiger partial charge on any atom is 0.236 e. The summed E-state index contributed by atoms with van der Waals surface area (Å²) < 4.78 is 25.6. The first kappa shape index (κ1) is 15.3. The Morgan fingerprint density at radius 2 is 2.27 bits per heavy atom. The molecule has 1 saturated heterocycles. The van der Waals surface area contributed by atoms with E-state index < -0.39 is 10.0 Å². The number of carbonyl (C=O) groups is 1. The average Bonchev–Trinajstić information content (AvgIpc) is 2.87. The highest BCUT2D eigenvalue weighted by molar-refractivity contribution is 7.92. The molecule has 1 aromatic heterocycles. The highest BCUT2D eigenvalue weighted by Gasteiger charge is 2.33. The molecule has 0 amide bonds. The van der Waals surface area contributed by atoms with Crippen molar-refractivity contribution < 1.29 is 13.2 Å². The molecule has 0 aliphatic carbocycles. The molecule has 0 bridgehead atoms. The van der Waals surface area contributed by atoms with E-state index in [9.17, 15) is 13.2 Å². The fourth-order valence-electron chi connectivity index (χ4n) is 3.13. The number of hydrogen-bond donors (Lipinski definition) is 0. The third kappa shape index (κ3) is 3.26. The van der Waals surface area contributed by atoms with Crippen LogP contribution in [0.25, 0.3) is 0 Å². The molecule has 2 aliphatic heterocycles. The predicted octanol–water partition coefficient (Wildman–Crippen LogP) is 1.02. The summed E-state index contributed by atoms with van der Waals surface area (Å²) in [4.78, 5) is 17.0. The van der Waals surface area contributed by atoms with Crippen LogP contribution in [-0.2, 0) is 16.6 Å². The fourth-order valence-corrected chi connectivity index (χ4v) is 4.50. The molecule has 22 heavy (non-hydrogen) atoms. The second-order valence-electron chi connectivity index (χ2n) is 5.72. The topological polar surface area (TPSA) is 70.6 Å². The zero-order chi connectivity index (χ0) is 15.6. The minimum atomic E-state index is -3.22. The molecule has 3 rings (SSSR count). The molecule has 3 heterocycles. The molecular formula is C15H19N3O3S. The van der Waals surface area contributed by atoms with E-state index >= 15 is 0 Å². The number of piperidine rings is 1. The lowest BCUT2D eigenvalue weighted by Gasteiger charge is -2.36. The van der Waals surface area contributed by atoms with Crippen LogP contribution in [0.1, 0.15) is 28.9 Å². The SMILES string of the molecule is O=Cc1cc(CN2CCC[C@@H](N3CC=CS3(=O)=O)C2)ccn1. The molecule has 1 fully saturated rings. The van der Waals surface area contributed by atoms with Crippen LogP contribution in [-0.4, -0.2) is 54.6 Å². The minimum Gasteiger partial charge on any atom is -0.297 e. The molecule has 118 valence electrons. The third-order valence-electron chi connectivity index (χ3n) is 4.14. The average molecular weight is 321 g/mol. The van der Waals surface area contributed by atoms with Gasteiger partial charge in [0.2, 0.25) is 10.0 Å². The maximum absolute atomic E-state index is 12.0. The first-order valence-electron chi connectivity index (χ1n) is 7.39.